The fourth-order valence-corrected chi connectivity index (χ4v) is 9.45. The van der Waals surface area contributed by atoms with Gasteiger partial charge in [-0.1, -0.05) is 81.4 Å². The molecule has 6 nitrogen and oxygen atoms in total. The van der Waals surface area contributed by atoms with E-state index in [0.717, 1.165) is 0 Å². The highest BCUT2D eigenvalue weighted by Gasteiger charge is 2.52. The molecule has 4 rings (SSSR count). The van der Waals surface area contributed by atoms with Gasteiger partial charge >= 0.3 is 5.69 Å². The molecule has 7 heteroatoms. The number of aromatic nitrogens is 2. The Morgan fingerprint density at radius 1 is 1.00 bits per heavy atom. The molecule has 2 aromatic carbocycles. The number of aliphatic hydroxyl groups is 1. The largest absolute Gasteiger partial charge is 0.407 e. The Hall–Kier alpha value is -2.74. The fourth-order valence-electron chi connectivity index (χ4n) is 4.83. The van der Waals surface area contributed by atoms with Gasteiger partial charge in [-0.25, -0.2) is 4.79 Å². The monoisotopic (exact) mass is 450 g/mol. The third-order valence-electron chi connectivity index (χ3n) is 6.56. The predicted molar refractivity (Wildman–Crippen MR) is 128 cm³/mol. The van der Waals surface area contributed by atoms with Gasteiger partial charge in [0.15, 0.2) is 0 Å². The first-order valence-electron chi connectivity index (χ1n) is 11.0. The van der Waals surface area contributed by atoms with E-state index in [1.54, 1.807) is 0 Å². The predicted octanol–water partition coefficient (Wildman–Crippen LogP) is 2.04. The van der Waals surface area contributed by atoms with Crippen LogP contribution in [0, 0.1) is 5.92 Å². The third kappa shape index (κ3) is 3.92. The Morgan fingerprint density at radius 2 is 1.56 bits per heavy atom. The summed E-state index contributed by atoms with van der Waals surface area (Å²) < 4.78 is 8.32. The second-order valence-electron chi connectivity index (χ2n) is 9.55. The van der Waals surface area contributed by atoms with Gasteiger partial charge in [-0.2, -0.15) is 0 Å². The number of aromatic amines is 1. The summed E-state index contributed by atoms with van der Waals surface area (Å²) in [6.45, 7) is 7.07. The lowest BCUT2D eigenvalue weighted by atomic mass is 9.77. The van der Waals surface area contributed by atoms with Gasteiger partial charge in [-0.15, -0.1) is 0 Å². The lowest BCUT2D eigenvalue weighted by Crippen LogP contribution is -2.67. The standard InChI is InChI=1S/C25H30N2O4Si/c1-25(2,3)32(19-10-6-4-7-11-19,20-12-8-5-9-13-20)31-17-18-16-21(23(18)29)27-15-14-22(28)26-24(27)30/h4-15,18,21,23,29H,16-17H2,1-3H3,(H,26,28,30)/t18-,21-,23-/m0/s1. The summed E-state index contributed by atoms with van der Waals surface area (Å²) in [5, 5.41) is 13.1. The summed E-state index contributed by atoms with van der Waals surface area (Å²) in [4.78, 5) is 25.7. The van der Waals surface area contributed by atoms with Crippen molar-refractivity contribution in [3.05, 3.63) is 93.8 Å². The van der Waals surface area contributed by atoms with Crippen LogP contribution in [0.2, 0.25) is 5.04 Å². The lowest BCUT2D eigenvalue weighted by Gasteiger charge is -2.47. The van der Waals surface area contributed by atoms with E-state index in [1.807, 2.05) is 36.4 Å². The molecule has 0 unspecified atom stereocenters. The van der Waals surface area contributed by atoms with Gasteiger partial charge in [0.2, 0.25) is 0 Å². The topological polar surface area (TPSA) is 84.3 Å². The molecule has 32 heavy (non-hydrogen) atoms. The van der Waals surface area contributed by atoms with E-state index < -0.39 is 25.7 Å². The van der Waals surface area contributed by atoms with E-state index >= 15 is 0 Å². The highest BCUT2D eigenvalue weighted by molar-refractivity contribution is 6.99. The van der Waals surface area contributed by atoms with Gasteiger partial charge in [-0.3, -0.25) is 14.3 Å². The first-order valence-corrected chi connectivity index (χ1v) is 12.9. The summed E-state index contributed by atoms with van der Waals surface area (Å²) in [5.74, 6) is -0.0829. The number of hydrogen-bond acceptors (Lipinski definition) is 4. The van der Waals surface area contributed by atoms with Crippen molar-refractivity contribution in [2.75, 3.05) is 6.61 Å². The maximum absolute atomic E-state index is 12.1. The van der Waals surface area contributed by atoms with Gasteiger partial charge in [0.05, 0.1) is 12.1 Å². The number of nitrogens with one attached hydrogen (secondary N) is 1. The van der Waals surface area contributed by atoms with Gasteiger partial charge in [0, 0.05) is 24.8 Å². The summed E-state index contributed by atoms with van der Waals surface area (Å²) in [6, 6.07) is 21.7. The molecule has 3 atom stereocenters. The molecule has 1 fully saturated rings. The Morgan fingerprint density at radius 3 is 2.03 bits per heavy atom. The number of aliphatic hydroxyl groups excluding tert-OH is 1. The molecule has 1 aromatic heterocycles. The molecule has 3 aromatic rings. The molecule has 0 amide bonds. The summed E-state index contributed by atoms with van der Waals surface area (Å²) >= 11 is 0. The molecule has 0 spiro atoms. The molecule has 0 radical (unpaired) electrons. The number of rotatable bonds is 6. The van der Waals surface area contributed by atoms with Gasteiger partial charge in [0.1, 0.15) is 0 Å². The van der Waals surface area contributed by atoms with Crippen LogP contribution in [0.4, 0.5) is 0 Å². The first-order chi connectivity index (χ1) is 15.2. The highest BCUT2D eigenvalue weighted by atomic mass is 28.4. The van der Waals surface area contributed by atoms with Crippen molar-refractivity contribution >= 4 is 18.7 Å². The van der Waals surface area contributed by atoms with Crippen LogP contribution in [-0.2, 0) is 4.43 Å². The Labute approximate surface area is 188 Å². The maximum Gasteiger partial charge on any atom is 0.328 e. The van der Waals surface area contributed by atoms with Crippen LogP contribution in [0.15, 0.2) is 82.5 Å². The number of hydrogen-bond donors (Lipinski definition) is 2. The fraction of sp³-hybridized carbons (Fsp3) is 0.360. The minimum absolute atomic E-state index is 0.0829. The molecule has 1 heterocycles. The Balaban J connectivity index is 1.62. The van der Waals surface area contributed by atoms with Gasteiger partial charge in [-0.05, 0) is 21.8 Å². The smallest absolute Gasteiger partial charge is 0.328 e. The van der Waals surface area contributed by atoms with Crippen LogP contribution in [0.25, 0.3) is 0 Å². The Bertz CT molecular complexity index is 1130. The van der Waals surface area contributed by atoms with E-state index in [9.17, 15) is 14.7 Å². The van der Waals surface area contributed by atoms with Crippen LogP contribution >= 0.6 is 0 Å². The van der Waals surface area contributed by atoms with Gasteiger partial charge in [0.25, 0.3) is 13.9 Å². The van der Waals surface area contributed by atoms with Crippen molar-refractivity contribution in [3.63, 3.8) is 0 Å². The molecule has 0 bridgehead atoms. The molecular weight excluding hydrogens is 420 g/mol. The average Bonchev–Trinajstić information content (AvgIpc) is 2.77. The number of H-pyrrole nitrogens is 1. The van der Waals surface area contributed by atoms with Crippen LogP contribution in [0.1, 0.15) is 33.2 Å². The zero-order valence-electron chi connectivity index (χ0n) is 18.7. The van der Waals surface area contributed by atoms with Crippen LogP contribution in [0.5, 0.6) is 0 Å². The van der Waals surface area contributed by atoms with E-state index in [1.165, 1.54) is 27.2 Å². The summed E-state index contributed by atoms with van der Waals surface area (Å²) in [6.07, 6.45) is 1.36. The first kappa shape index (κ1) is 22.5. The molecule has 2 N–H and O–H groups in total. The zero-order valence-corrected chi connectivity index (χ0v) is 19.7. The van der Waals surface area contributed by atoms with Crippen LogP contribution in [0.3, 0.4) is 0 Å². The minimum atomic E-state index is -2.67. The van der Waals surface area contributed by atoms with E-state index in [-0.39, 0.29) is 17.0 Å². The minimum Gasteiger partial charge on any atom is -0.407 e. The average molecular weight is 451 g/mol. The van der Waals surface area contributed by atoms with Crippen LogP contribution < -0.4 is 21.6 Å². The summed E-state index contributed by atoms with van der Waals surface area (Å²) in [7, 11) is -2.67. The molecule has 0 saturated heterocycles. The second kappa shape index (κ2) is 8.65. The van der Waals surface area contributed by atoms with Crippen molar-refractivity contribution in [3.8, 4) is 0 Å². The number of benzene rings is 2. The van der Waals surface area contributed by atoms with E-state index in [2.05, 4.69) is 50.0 Å². The molecule has 0 aliphatic heterocycles. The molecule has 1 aliphatic rings. The van der Waals surface area contributed by atoms with Crippen LogP contribution in [-0.4, -0.2) is 35.7 Å². The SMILES string of the molecule is CC(C)(C)[Si](OC[C@@H]1C[C@H](n2ccc(=O)[nH]c2=O)[C@H]1O)(c1ccccc1)c1ccccc1. The molecule has 1 saturated carbocycles. The molecular formula is C25H30N2O4Si. The van der Waals surface area contributed by atoms with Crippen molar-refractivity contribution in [2.45, 2.75) is 44.4 Å². The highest BCUT2D eigenvalue weighted by Crippen LogP contribution is 2.41. The molecule has 168 valence electrons. The van der Waals surface area contributed by atoms with E-state index in [0.29, 0.717) is 13.0 Å². The Kier molecular flexibility index (Phi) is 6.07. The summed E-state index contributed by atoms with van der Waals surface area (Å²) in [5.41, 5.74) is -0.931. The lowest BCUT2D eigenvalue weighted by molar-refractivity contribution is -0.0550. The van der Waals surface area contributed by atoms with Crippen molar-refractivity contribution in [1.29, 1.82) is 0 Å². The maximum atomic E-state index is 12.1. The van der Waals surface area contributed by atoms with Crippen molar-refractivity contribution in [1.82, 2.24) is 9.55 Å². The van der Waals surface area contributed by atoms with Crippen molar-refractivity contribution < 1.29 is 9.53 Å². The zero-order chi connectivity index (χ0) is 22.9. The number of nitrogens with zero attached hydrogens (tertiary/aromatic N) is 1. The normalized spacial score (nSPS) is 21.2. The van der Waals surface area contributed by atoms with Gasteiger partial charge < -0.3 is 9.53 Å². The quantitative estimate of drug-likeness (QED) is 0.563. The van der Waals surface area contributed by atoms with Crippen molar-refractivity contribution in [2.24, 2.45) is 5.92 Å². The van der Waals surface area contributed by atoms with E-state index in [4.69, 9.17) is 4.43 Å². The molecule has 1 aliphatic carbocycles. The second-order valence-corrected chi connectivity index (χ2v) is 13.9. The third-order valence-corrected chi connectivity index (χ3v) is 11.6.